The van der Waals surface area contributed by atoms with Crippen LogP contribution >= 0.6 is 12.4 Å². The Hall–Kier alpha value is -1.92. The number of nitrogens with one attached hydrogen (secondary N) is 1. The molecule has 0 aromatic heterocycles. The van der Waals surface area contributed by atoms with Crippen LogP contribution in [-0.4, -0.2) is 35.2 Å². The zero-order valence-corrected chi connectivity index (χ0v) is 16.4. The van der Waals surface area contributed by atoms with E-state index < -0.39 is 6.04 Å². The van der Waals surface area contributed by atoms with Crippen molar-refractivity contribution in [1.29, 1.82) is 0 Å². The average Bonchev–Trinajstić information content (AvgIpc) is 2.96. The fraction of sp³-hybridized carbons (Fsp3) is 0.550. The summed E-state index contributed by atoms with van der Waals surface area (Å²) < 4.78 is 0. The third-order valence-electron chi connectivity index (χ3n) is 5.33. The van der Waals surface area contributed by atoms with Crippen LogP contribution in [0.5, 0.6) is 0 Å². The van der Waals surface area contributed by atoms with Crippen LogP contribution < -0.4 is 11.1 Å². The Bertz CT molecular complexity index is 708. The molecule has 1 unspecified atom stereocenters. The minimum Gasteiger partial charge on any atom is -0.330 e. The van der Waals surface area contributed by atoms with Gasteiger partial charge in [0, 0.05) is 18.5 Å². The summed E-state index contributed by atoms with van der Waals surface area (Å²) in [6.45, 7) is 1.22. The minimum atomic E-state index is -0.545. The lowest BCUT2D eigenvalue weighted by molar-refractivity contribution is -0.136. The number of carbonyl (C=O) groups is 3. The summed E-state index contributed by atoms with van der Waals surface area (Å²) in [5.41, 5.74) is 8.47. The predicted octanol–water partition coefficient (Wildman–Crippen LogP) is 2.32. The van der Waals surface area contributed by atoms with E-state index in [1.165, 1.54) is 18.4 Å². The third-order valence-corrected chi connectivity index (χ3v) is 5.33. The molecule has 0 spiro atoms. The van der Waals surface area contributed by atoms with Crippen LogP contribution in [0.15, 0.2) is 18.2 Å². The summed E-state index contributed by atoms with van der Waals surface area (Å²) in [6.07, 6.45) is 7.33. The lowest BCUT2D eigenvalue weighted by Gasteiger charge is -2.29. The summed E-state index contributed by atoms with van der Waals surface area (Å²) in [6, 6.07) is 5.31. The van der Waals surface area contributed by atoms with Gasteiger partial charge in [-0.15, -0.1) is 12.4 Å². The van der Waals surface area contributed by atoms with Gasteiger partial charge < -0.3 is 10.6 Å². The Labute approximate surface area is 166 Å². The minimum absolute atomic E-state index is 0. The second kappa shape index (κ2) is 9.85. The molecule has 2 aliphatic heterocycles. The number of imide groups is 1. The lowest BCUT2D eigenvalue weighted by Crippen LogP contribution is -2.52. The van der Waals surface area contributed by atoms with E-state index in [0.29, 0.717) is 18.5 Å². The monoisotopic (exact) mass is 393 g/mol. The zero-order valence-electron chi connectivity index (χ0n) is 15.5. The molecule has 6 nitrogen and oxygen atoms in total. The van der Waals surface area contributed by atoms with Gasteiger partial charge in [0.25, 0.3) is 5.91 Å². The van der Waals surface area contributed by atoms with Crippen LogP contribution in [0.3, 0.4) is 0 Å². The Balaban J connectivity index is 0.00000261. The lowest BCUT2D eigenvalue weighted by atomic mass is 9.98. The van der Waals surface area contributed by atoms with E-state index in [-0.39, 0.29) is 36.5 Å². The number of nitrogens with two attached hydrogens (primary N) is 1. The van der Waals surface area contributed by atoms with Crippen molar-refractivity contribution in [1.82, 2.24) is 10.2 Å². The van der Waals surface area contributed by atoms with Crippen molar-refractivity contribution in [2.24, 2.45) is 5.73 Å². The van der Waals surface area contributed by atoms with E-state index in [9.17, 15) is 14.4 Å². The normalized spacial score (nSPS) is 18.9. The number of aryl methyl sites for hydroxylation is 1. The average molecular weight is 394 g/mol. The van der Waals surface area contributed by atoms with Crippen molar-refractivity contribution in [3.63, 3.8) is 0 Å². The van der Waals surface area contributed by atoms with Crippen LogP contribution in [0.25, 0.3) is 0 Å². The first-order chi connectivity index (χ1) is 12.6. The molecular weight excluding hydrogens is 366 g/mol. The van der Waals surface area contributed by atoms with Crippen molar-refractivity contribution >= 4 is 30.1 Å². The number of unbranched alkanes of at least 4 members (excludes halogenated alkanes) is 4. The second-order valence-electron chi connectivity index (χ2n) is 7.15. The molecule has 1 atom stereocenters. The van der Waals surface area contributed by atoms with Gasteiger partial charge in [0.2, 0.25) is 11.8 Å². The predicted molar refractivity (Wildman–Crippen MR) is 106 cm³/mol. The van der Waals surface area contributed by atoms with Crippen molar-refractivity contribution in [2.75, 3.05) is 6.54 Å². The standard InChI is InChI=1S/C20H27N3O3.ClH/c21-12-5-3-1-2-4-7-14-8-6-9-15-16(14)13-23(20(15)26)17-10-11-18(24)22-19(17)25;/h6,8-9,17H,1-5,7,10-13,21H2,(H,22,24,25);1H. The number of halogens is 1. The number of benzene rings is 1. The fourth-order valence-electron chi connectivity index (χ4n) is 3.87. The third kappa shape index (κ3) is 4.87. The smallest absolute Gasteiger partial charge is 0.255 e. The fourth-order valence-corrected chi connectivity index (χ4v) is 3.87. The number of nitrogens with zero attached hydrogens (tertiary/aromatic N) is 1. The molecular formula is C20H28ClN3O3. The molecule has 3 rings (SSSR count). The van der Waals surface area contributed by atoms with Crippen LogP contribution in [-0.2, 0) is 22.6 Å². The molecule has 7 heteroatoms. The maximum Gasteiger partial charge on any atom is 0.255 e. The molecule has 27 heavy (non-hydrogen) atoms. The first-order valence-corrected chi connectivity index (χ1v) is 9.57. The second-order valence-corrected chi connectivity index (χ2v) is 7.15. The number of piperidine rings is 1. The largest absolute Gasteiger partial charge is 0.330 e. The number of hydrogen-bond acceptors (Lipinski definition) is 4. The molecule has 3 N–H and O–H groups in total. The van der Waals surface area contributed by atoms with Gasteiger partial charge in [0.05, 0.1) is 0 Å². The van der Waals surface area contributed by atoms with E-state index in [1.807, 2.05) is 12.1 Å². The van der Waals surface area contributed by atoms with Crippen LogP contribution in [0.2, 0.25) is 0 Å². The molecule has 2 aliphatic rings. The maximum atomic E-state index is 12.8. The summed E-state index contributed by atoms with van der Waals surface area (Å²) >= 11 is 0. The highest BCUT2D eigenvalue weighted by atomic mass is 35.5. The SMILES string of the molecule is Cl.NCCCCCCCc1cccc2c1CN(C1CCC(=O)NC1=O)C2=O. The maximum absolute atomic E-state index is 12.8. The van der Waals surface area contributed by atoms with Gasteiger partial charge in [0.15, 0.2) is 0 Å². The molecule has 1 aromatic carbocycles. The van der Waals surface area contributed by atoms with Gasteiger partial charge in [-0.2, -0.15) is 0 Å². The number of amides is 3. The first kappa shape index (κ1) is 21.4. The molecule has 2 heterocycles. The van der Waals surface area contributed by atoms with Gasteiger partial charge in [-0.05, 0) is 49.4 Å². The Kier molecular flexibility index (Phi) is 7.80. The molecule has 3 amide bonds. The molecule has 0 bridgehead atoms. The number of hydrogen-bond donors (Lipinski definition) is 2. The van der Waals surface area contributed by atoms with Crippen molar-refractivity contribution in [3.8, 4) is 0 Å². The van der Waals surface area contributed by atoms with Gasteiger partial charge in [0.1, 0.15) is 6.04 Å². The van der Waals surface area contributed by atoms with E-state index in [4.69, 9.17) is 5.73 Å². The molecule has 148 valence electrons. The van der Waals surface area contributed by atoms with E-state index in [1.54, 1.807) is 4.90 Å². The summed E-state index contributed by atoms with van der Waals surface area (Å²) in [5, 5.41) is 2.35. The van der Waals surface area contributed by atoms with E-state index in [0.717, 1.165) is 37.8 Å². The highest BCUT2D eigenvalue weighted by molar-refractivity contribution is 6.05. The Morgan fingerprint density at radius 1 is 1.07 bits per heavy atom. The summed E-state index contributed by atoms with van der Waals surface area (Å²) in [7, 11) is 0. The topological polar surface area (TPSA) is 92.5 Å². The van der Waals surface area contributed by atoms with Gasteiger partial charge in [-0.1, -0.05) is 31.4 Å². The highest BCUT2D eigenvalue weighted by Crippen LogP contribution is 2.30. The summed E-state index contributed by atoms with van der Waals surface area (Å²) in [5.74, 6) is -0.714. The number of fused-ring (bicyclic) bond motifs is 1. The first-order valence-electron chi connectivity index (χ1n) is 9.57. The van der Waals surface area contributed by atoms with Crippen LogP contribution in [0.1, 0.15) is 66.4 Å². The van der Waals surface area contributed by atoms with Crippen molar-refractivity contribution < 1.29 is 14.4 Å². The van der Waals surface area contributed by atoms with Gasteiger partial charge in [-0.25, -0.2) is 0 Å². The highest BCUT2D eigenvalue weighted by Gasteiger charge is 2.39. The zero-order chi connectivity index (χ0) is 18.5. The van der Waals surface area contributed by atoms with Crippen molar-refractivity contribution in [3.05, 3.63) is 34.9 Å². The Morgan fingerprint density at radius 2 is 1.81 bits per heavy atom. The quantitative estimate of drug-likeness (QED) is 0.523. The number of rotatable bonds is 8. The molecule has 1 fully saturated rings. The van der Waals surface area contributed by atoms with Crippen LogP contribution in [0.4, 0.5) is 0 Å². The number of carbonyl (C=O) groups excluding carboxylic acids is 3. The molecule has 0 radical (unpaired) electrons. The molecule has 1 aromatic rings. The molecule has 0 aliphatic carbocycles. The van der Waals surface area contributed by atoms with Crippen LogP contribution in [0, 0.1) is 0 Å². The Morgan fingerprint density at radius 3 is 2.56 bits per heavy atom. The van der Waals surface area contributed by atoms with E-state index in [2.05, 4.69) is 11.4 Å². The molecule has 0 saturated carbocycles. The summed E-state index contributed by atoms with van der Waals surface area (Å²) in [4.78, 5) is 37.9. The van der Waals surface area contributed by atoms with Gasteiger partial charge in [-0.3, -0.25) is 19.7 Å². The van der Waals surface area contributed by atoms with Gasteiger partial charge >= 0.3 is 0 Å². The molecule has 1 saturated heterocycles. The van der Waals surface area contributed by atoms with Crippen molar-refractivity contribution in [2.45, 2.75) is 64.0 Å². The van der Waals surface area contributed by atoms with E-state index >= 15 is 0 Å².